The molecule has 86 valence electrons. The highest BCUT2D eigenvalue weighted by molar-refractivity contribution is 5.84. The van der Waals surface area contributed by atoms with Crippen molar-refractivity contribution < 1.29 is 9.47 Å². The molecule has 4 N–H and O–H groups in total. The largest absolute Gasteiger partial charge is 0.454 e. The second-order valence-electron chi connectivity index (χ2n) is 3.76. The van der Waals surface area contributed by atoms with E-state index < -0.39 is 0 Å². The third kappa shape index (κ3) is 1.52. The number of ether oxygens (including phenoxy) is 2. The van der Waals surface area contributed by atoms with Crippen molar-refractivity contribution in [1.29, 1.82) is 0 Å². The Hall–Kier alpha value is -2.43. The Labute approximate surface area is 98.0 Å². The third-order valence-corrected chi connectivity index (χ3v) is 2.70. The number of fused-ring (bicyclic) bond motifs is 1. The van der Waals surface area contributed by atoms with Gasteiger partial charge in [-0.3, -0.25) is 4.98 Å². The summed E-state index contributed by atoms with van der Waals surface area (Å²) in [4.78, 5) is 4.04. The number of benzene rings is 1. The minimum Gasteiger partial charge on any atom is -0.454 e. The minimum atomic E-state index is 0.253. The summed E-state index contributed by atoms with van der Waals surface area (Å²) in [5.41, 5.74) is 14.4. The van der Waals surface area contributed by atoms with Crippen molar-refractivity contribution in [2.45, 2.75) is 0 Å². The number of nitrogens with zero attached hydrogens (tertiary/aromatic N) is 1. The molecule has 0 fully saturated rings. The SMILES string of the molecule is Nc1cncc(-c2ccc3c(c2)OCO3)c1N. The Kier molecular flexibility index (Phi) is 2.04. The quantitative estimate of drug-likeness (QED) is 0.776. The number of pyridine rings is 1. The number of anilines is 2. The van der Waals surface area contributed by atoms with Crippen molar-refractivity contribution >= 4 is 11.4 Å². The van der Waals surface area contributed by atoms with Crippen LogP contribution in [0.15, 0.2) is 30.6 Å². The molecule has 0 atom stereocenters. The van der Waals surface area contributed by atoms with Gasteiger partial charge in [0.05, 0.1) is 17.6 Å². The second kappa shape index (κ2) is 3.55. The van der Waals surface area contributed by atoms with Crippen LogP contribution in [0.3, 0.4) is 0 Å². The summed E-state index contributed by atoms with van der Waals surface area (Å²) >= 11 is 0. The number of nitrogens with two attached hydrogens (primary N) is 2. The fraction of sp³-hybridized carbons (Fsp3) is 0.0833. The van der Waals surface area contributed by atoms with Crippen LogP contribution in [0.1, 0.15) is 0 Å². The molecule has 0 saturated carbocycles. The van der Waals surface area contributed by atoms with Gasteiger partial charge in [-0.2, -0.15) is 0 Å². The number of aromatic nitrogens is 1. The maximum Gasteiger partial charge on any atom is 0.231 e. The molecule has 1 aromatic carbocycles. The van der Waals surface area contributed by atoms with Gasteiger partial charge < -0.3 is 20.9 Å². The van der Waals surface area contributed by atoms with Crippen LogP contribution in [-0.4, -0.2) is 11.8 Å². The predicted octanol–water partition coefficient (Wildman–Crippen LogP) is 1.64. The molecule has 1 aliphatic heterocycles. The molecule has 0 aliphatic carbocycles. The van der Waals surface area contributed by atoms with E-state index in [9.17, 15) is 0 Å². The molecule has 0 radical (unpaired) electrons. The van der Waals surface area contributed by atoms with Crippen molar-refractivity contribution in [1.82, 2.24) is 4.98 Å². The van der Waals surface area contributed by atoms with E-state index in [0.29, 0.717) is 17.1 Å². The summed E-state index contributed by atoms with van der Waals surface area (Å²) in [5.74, 6) is 1.45. The van der Waals surface area contributed by atoms with Crippen molar-refractivity contribution in [3.05, 3.63) is 30.6 Å². The normalized spacial score (nSPS) is 12.7. The van der Waals surface area contributed by atoms with Crippen molar-refractivity contribution in [3.8, 4) is 22.6 Å². The van der Waals surface area contributed by atoms with Gasteiger partial charge in [0.15, 0.2) is 11.5 Å². The Morgan fingerprint density at radius 3 is 2.76 bits per heavy atom. The van der Waals surface area contributed by atoms with Crippen molar-refractivity contribution in [3.63, 3.8) is 0 Å². The average Bonchev–Trinajstić information content (AvgIpc) is 2.79. The first-order valence-electron chi connectivity index (χ1n) is 5.14. The summed E-state index contributed by atoms with van der Waals surface area (Å²) in [6.45, 7) is 0.253. The number of hydrogen-bond donors (Lipinski definition) is 2. The molecule has 0 unspecified atom stereocenters. The van der Waals surface area contributed by atoms with Gasteiger partial charge in [-0.05, 0) is 17.7 Å². The van der Waals surface area contributed by atoms with Crippen LogP contribution < -0.4 is 20.9 Å². The van der Waals surface area contributed by atoms with Crippen LogP contribution in [0.25, 0.3) is 11.1 Å². The van der Waals surface area contributed by atoms with Gasteiger partial charge in [0.2, 0.25) is 6.79 Å². The monoisotopic (exact) mass is 229 g/mol. The molecule has 0 saturated heterocycles. The Morgan fingerprint density at radius 1 is 1.06 bits per heavy atom. The zero-order valence-electron chi connectivity index (χ0n) is 9.01. The molecule has 5 heteroatoms. The Morgan fingerprint density at radius 2 is 1.88 bits per heavy atom. The zero-order valence-corrected chi connectivity index (χ0v) is 9.01. The van der Waals surface area contributed by atoms with Crippen LogP contribution in [0.2, 0.25) is 0 Å². The molecule has 3 rings (SSSR count). The first-order chi connectivity index (χ1) is 8.25. The predicted molar refractivity (Wildman–Crippen MR) is 64.6 cm³/mol. The van der Waals surface area contributed by atoms with Gasteiger partial charge in [0, 0.05) is 11.8 Å². The van der Waals surface area contributed by atoms with Gasteiger partial charge in [-0.1, -0.05) is 6.07 Å². The highest BCUT2D eigenvalue weighted by atomic mass is 16.7. The van der Waals surface area contributed by atoms with Crippen LogP contribution in [0, 0.1) is 0 Å². The maximum atomic E-state index is 5.92. The molecule has 1 aliphatic rings. The van der Waals surface area contributed by atoms with Gasteiger partial charge in [0.25, 0.3) is 0 Å². The maximum absolute atomic E-state index is 5.92. The van der Waals surface area contributed by atoms with Gasteiger partial charge >= 0.3 is 0 Å². The highest BCUT2D eigenvalue weighted by Gasteiger charge is 2.15. The average molecular weight is 229 g/mol. The summed E-state index contributed by atoms with van der Waals surface area (Å²) in [6.07, 6.45) is 3.22. The summed E-state index contributed by atoms with van der Waals surface area (Å²) in [5, 5.41) is 0. The lowest BCUT2D eigenvalue weighted by Gasteiger charge is -2.08. The lowest BCUT2D eigenvalue weighted by molar-refractivity contribution is 0.174. The highest BCUT2D eigenvalue weighted by Crippen LogP contribution is 2.38. The Balaban J connectivity index is 2.13. The van der Waals surface area contributed by atoms with Crippen molar-refractivity contribution in [2.24, 2.45) is 0 Å². The van der Waals surface area contributed by atoms with E-state index in [0.717, 1.165) is 16.9 Å². The lowest BCUT2D eigenvalue weighted by atomic mass is 10.0. The van der Waals surface area contributed by atoms with Gasteiger partial charge in [-0.25, -0.2) is 0 Å². The van der Waals surface area contributed by atoms with Crippen LogP contribution in [-0.2, 0) is 0 Å². The van der Waals surface area contributed by atoms with Crippen LogP contribution in [0.4, 0.5) is 11.4 Å². The molecule has 0 amide bonds. The lowest BCUT2D eigenvalue weighted by Crippen LogP contribution is -1.98. The standard InChI is InChI=1S/C12H11N3O2/c13-9-5-15-4-8(12(9)14)7-1-2-10-11(3-7)17-6-16-10/h1-5H,6,13H2,(H2,14,15). The first-order valence-corrected chi connectivity index (χ1v) is 5.14. The minimum absolute atomic E-state index is 0.253. The fourth-order valence-corrected chi connectivity index (χ4v) is 1.78. The summed E-state index contributed by atoms with van der Waals surface area (Å²) in [7, 11) is 0. The zero-order chi connectivity index (χ0) is 11.8. The van der Waals surface area contributed by atoms with E-state index in [-0.39, 0.29) is 6.79 Å². The van der Waals surface area contributed by atoms with E-state index >= 15 is 0 Å². The Bertz CT molecular complexity index is 584. The molecule has 2 aromatic rings. The van der Waals surface area contributed by atoms with Gasteiger partial charge in [-0.15, -0.1) is 0 Å². The third-order valence-electron chi connectivity index (χ3n) is 2.70. The van der Waals surface area contributed by atoms with E-state index in [1.807, 2.05) is 18.2 Å². The summed E-state index contributed by atoms with van der Waals surface area (Å²) < 4.78 is 10.6. The second-order valence-corrected chi connectivity index (χ2v) is 3.76. The molecule has 2 heterocycles. The molecular formula is C12H11N3O2. The van der Waals surface area contributed by atoms with E-state index in [2.05, 4.69) is 4.98 Å². The van der Waals surface area contributed by atoms with Crippen LogP contribution >= 0.6 is 0 Å². The molecule has 0 spiro atoms. The summed E-state index contributed by atoms with van der Waals surface area (Å²) in [6, 6.07) is 5.62. The topological polar surface area (TPSA) is 83.4 Å². The number of rotatable bonds is 1. The van der Waals surface area contributed by atoms with E-state index in [1.54, 1.807) is 6.20 Å². The van der Waals surface area contributed by atoms with E-state index in [1.165, 1.54) is 6.20 Å². The van der Waals surface area contributed by atoms with Crippen LogP contribution in [0.5, 0.6) is 11.5 Å². The van der Waals surface area contributed by atoms with Crippen molar-refractivity contribution in [2.75, 3.05) is 18.3 Å². The first kappa shape index (κ1) is 9.77. The number of nitrogen functional groups attached to an aromatic ring is 2. The fourth-order valence-electron chi connectivity index (χ4n) is 1.78. The van der Waals surface area contributed by atoms with Gasteiger partial charge in [0.1, 0.15) is 0 Å². The molecular weight excluding hydrogens is 218 g/mol. The molecule has 0 bridgehead atoms. The molecule has 5 nitrogen and oxygen atoms in total. The molecule has 1 aromatic heterocycles. The van der Waals surface area contributed by atoms with E-state index in [4.69, 9.17) is 20.9 Å². The smallest absolute Gasteiger partial charge is 0.231 e. The number of hydrogen-bond acceptors (Lipinski definition) is 5. The molecule has 17 heavy (non-hydrogen) atoms.